The van der Waals surface area contributed by atoms with Crippen molar-refractivity contribution < 1.29 is 22.7 Å². The molecule has 0 N–H and O–H groups in total. The molecule has 0 saturated carbocycles. The SMILES string of the molecule is COc1cccc(N2C(=O)CSC2c2cccc(C(F)(F)F)c2)c1. The fourth-order valence-corrected chi connectivity index (χ4v) is 3.75. The number of rotatable bonds is 3. The van der Waals surface area contributed by atoms with E-state index < -0.39 is 17.1 Å². The Kier molecular flexibility index (Phi) is 4.45. The number of carbonyl (C=O) groups excluding carboxylic acids is 1. The molecule has 0 aliphatic carbocycles. The molecule has 2 aromatic carbocycles. The second kappa shape index (κ2) is 6.39. The Labute approximate surface area is 141 Å². The summed E-state index contributed by atoms with van der Waals surface area (Å²) in [5.41, 5.74) is 0.334. The third-order valence-corrected chi connectivity index (χ3v) is 4.91. The maximum Gasteiger partial charge on any atom is 0.416 e. The maximum atomic E-state index is 12.9. The first-order valence-electron chi connectivity index (χ1n) is 7.15. The van der Waals surface area contributed by atoms with Crippen LogP contribution in [0.1, 0.15) is 16.5 Å². The zero-order valence-corrected chi connectivity index (χ0v) is 13.5. The lowest BCUT2D eigenvalue weighted by Crippen LogP contribution is -2.28. The quantitative estimate of drug-likeness (QED) is 0.814. The molecule has 0 radical (unpaired) electrons. The van der Waals surface area contributed by atoms with Crippen LogP contribution < -0.4 is 9.64 Å². The number of hydrogen-bond donors (Lipinski definition) is 0. The van der Waals surface area contributed by atoms with Crippen molar-refractivity contribution >= 4 is 23.4 Å². The standard InChI is InChI=1S/C17H14F3NO2S/c1-23-14-7-3-6-13(9-14)21-15(22)10-24-16(21)11-4-2-5-12(8-11)17(18,19)20/h2-9,16H,10H2,1H3. The van der Waals surface area contributed by atoms with E-state index in [1.54, 1.807) is 30.3 Å². The van der Waals surface area contributed by atoms with Crippen molar-refractivity contribution in [3.8, 4) is 5.75 Å². The van der Waals surface area contributed by atoms with E-state index >= 15 is 0 Å². The smallest absolute Gasteiger partial charge is 0.416 e. The molecule has 1 amide bonds. The van der Waals surface area contributed by atoms with Gasteiger partial charge < -0.3 is 4.74 Å². The van der Waals surface area contributed by atoms with Crippen molar-refractivity contribution in [1.82, 2.24) is 0 Å². The second-order valence-corrected chi connectivity index (χ2v) is 6.32. The molecule has 1 aliphatic rings. The molecule has 1 fully saturated rings. The lowest BCUT2D eigenvalue weighted by Gasteiger charge is -2.25. The first kappa shape index (κ1) is 16.7. The van der Waals surface area contributed by atoms with Gasteiger partial charge in [-0.25, -0.2) is 0 Å². The van der Waals surface area contributed by atoms with Crippen LogP contribution in [0.4, 0.5) is 18.9 Å². The highest BCUT2D eigenvalue weighted by Crippen LogP contribution is 2.43. The number of anilines is 1. The van der Waals surface area contributed by atoms with Gasteiger partial charge in [-0.3, -0.25) is 9.69 Å². The summed E-state index contributed by atoms with van der Waals surface area (Å²) in [5.74, 6) is 0.661. The molecule has 1 saturated heterocycles. The zero-order chi connectivity index (χ0) is 17.3. The highest BCUT2D eigenvalue weighted by atomic mass is 32.2. The number of carbonyl (C=O) groups is 1. The fraction of sp³-hybridized carbons (Fsp3) is 0.235. The molecule has 0 aromatic heterocycles. The first-order valence-corrected chi connectivity index (χ1v) is 8.20. The van der Waals surface area contributed by atoms with Gasteiger partial charge in [-0.1, -0.05) is 18.2 Å². The van der Waals surface area contributed by atoms with Gasteiger partial charge >= 0.3 is 6.18 Å². The van der Waals surface area contributed by atoms with Crippen molar-refractivity contribution in [2.24, 2.45) is 0 Å². The van der Waals surface area contributed by atoms with E-state index in [1.165, 1.54) is 29.8 Å². The largest absolute Gasteiger partial charge is 0.497 e. The number of ether oxygens (including phenoxy) is 1. The molecular formula is C17H14F3NO2S. The highest BCUT2D eigenvalue weighted by Gasteiger charge is 2.36. The topological polar surface area (TPSA) is 29.5 Å². The van der Waals surface area contributed by atoms with E-state index in [0.717, 1.165) is 12.1 Å². The van der Waals surface area contributed by atoms with E-state index in [1.807, 2.05) is 0 Å². The van der Waals surface area contributed by atoms with Crippen LogP contribution in [0.3, 0.4) is 0 Å². The van der Waals surface area contributed by atoms with Gasteiger partial charge in [-0.15, -0.1) is 11.8 Å². The van der Waals surface area contributed by atoms with Crippen LogP contribution in [-0.2, 0) is 11.0 Å². The molecule has 24 heavy (non-hydrogen) atoms. The van der Waals surface area contributed by atoms with E-state index in [-0.39, 0.29) is 11.7 Å². The normalized spacial score (nSPS) is 18.1. The number of alkyl halides is 3. The van der Waals surface area contributed by atoms with Crippen LogP contribution >= 0.6 is 11.8 Å². The maximum absolute atomic E-state index is 12.9. The first-order chi connectivity index (χ1) is 11.4. The van der Waals surface area contributed by atoms with Gasteiger partial charge in [-0.05, 0) is 29.8 Å². The molecule has 126 valence electrons. The minimum atomic E-state index is -4.41. The molecule has 3 rings (SSSR count). The van der Waals surface area contributed by atoms with E-state index in [9.17, 15) is 18.0 Å². The van der Waals surface area contributed by atoms with E-state index in [4.69, 9.17) is 4.74 Å². The van der Waals surface area contributed by atoms with Gasteiger partial charge in [0.2, 0.25) is 5.91 Å². The van der Waals surface area contributed by atoms with Crippen molar-refractivity contribution in [3.63, 3.8) is 0 Å². The van der Waals surface area contributed by atoms with Gasteiger partial charge in [0.25, 0.3) is 0 Å². The Balaban J connectivity index is 1.99. The summed E-state index contributed by atoms with van der Waals surface area (Å²) in [6.45, 7) is 0. The Bertz CT molecular complexity index is 763. The molecule has 2 aromatic rings. The number of benzene rings is 2. The third kappa shape index (κ3) is 3.21. The van der Waals surface area contributed by atoms with Crippen LogP contribution in [-0.4, -0.2) is 18.8 Å². The highest BCUT2D eigenvalue weighted by molar-refractivity contribution is 8.00. The van der Waals surface area contributed by atoms with E-state index in [2.05, 4.69) is 0 Å². The van der Waals surface area contributed by atoms with Crippen LogP contribution in [0.15, 0.2) is 48.5 Å². The molecule has 7 heteroatoms. The number of thioether (sulfide) groups is 1. The van der Waals surface area contributed by atoms with Gasteiger partial charge in [0.15, 0.2) is 0 Å². The molecule has 1 aliphatic heterocycles. The van der Waals surface area contributed by atoms with Crippen LogP contribution in [0.5, 0.6) is 5.75 Å². The molecular weight excluding hydrogens is 339 g/mol. The number of amides is 1. The molecule has 0 spiro atoms. The molecule has 1 unspecified atom stereocenters. The number of nitrogens with zero attached hydrogens (tertiary/aromatic N) is 1. The van der Waals surface area contributed by atoms with Gasteiger partial charge in [0, 0.05) is 11.8 Å². The van der Waals surface area contributed by atoms with Gasteiger partial charge in [-0.2, -0.15) is 13.2 Å². The summed E-state index contributed by atoms with van der Waals surface area (Å²) in [6.07, 6.45) is -4.41. The van der Waals surface area contributed by atoms with Crippen molar-refractivity contribution in [2.45, 2.75) is 11.6 Å². The third-order valence-electron chi connectivity index (χ3n) is 3.70. The van der Waals surface area contributed by atoms with Crippen LogP contribution in [0, 0.1) is 0 Å². The average Bonchev–Trinajstić information content (AvgIpc) is 2.96. The van der Waals surface area contributed by atoms with Crippen molar-refractivity contribution in [1.29, 1.82) is 0 Å². The fourth-order valence-electron chi connectivity index (χ4n) is 2.58. The number of hydrogen-bond acceptors (Lipinski definition) is 3. The van der Waals surface area contributed by atoms with Crippen molar-refractivity contribution in [3.05, 3.63) is 59.7 Å². The number of methoxy groups -OCH3 is 1. The van der Waals surface area contributed by atoms with Crippen LogP contribution in [0.2, 0.25) is 0 Å². The van der Waals surface area contributed by atoms with E-state index in [0.29, 0.717) is 17.0 Å². The summed E-state index contributed by atoms with van der Waals surface area (Å²) in [4.78, 5) is 13.8. The minimum absolute atomic E-state index is 0.143. The predicted molar refractivity (Wildman–Crippen MR) is 87.1 cm³/mol. The molecule has 3 nitrogen and oxygen atoms in total. The minimum Gasteiger partial charge on any atom is -0.497 e. The molecule has 1 heterocycles. The Morgan fingerprint density at radius 3 is 2.62 bits per heavy atom. The summed E-state index contributed by atoms with van der Waals surface area (Å²) in [6, 6.07) is 12.0. The summed E-state index contributed by atoms with van der Waals surface area (Å²) >= 11 is 1.31. The second-order valence-electron chi connectivity index (χ2n) is 5.25. The average molecular weight is 353 g/mol. The monoisotopic (exact) mass is 353 g/mol. The van der Waals surface area contributed by atoms with Crippen molar-refractivity contribution in [2.75, 3.05) is 17.8 Å². The lowest BCUT2D eigenvalue weighted by atomic mass is 10.1. The van der Waals surface area contributed by atoms with Crippen LogP contribution in [0.25, 0.3) is 0 Å². The zero-order valence-electron chi connectivity index (χ0n) is 12.7. The summed E-state index contributed by atoms with van der Waals surface area (Å²) < 4.78 is 44.0. The number of halogens is 3. The Morgan fingerprint density at radius 1 is 1.17 bits per heavy atom. The molecule has 1 atom stereocenters. The summed E-state index contributed by atoms with van der Waals surface area (Å²) in [7, 11) is 1.52. The van der Waals surface area contributed by atoms with Gasteiger partial charge in [0.05, 0.1) is 18.4 Å². The molecule has 0 bridgehead atoms. The Hall–Kier alpha value is -2.15. The van der Waals surface area contributed by atoms with Gasteiger partial charge in [0.1, 0.15) is 11.1 Å². The predicted octanol–water partition coefficient (Wildman–Crippen LogP) is 4.49. The Morgan fingerprint density at radius 2 is 1.92 bits per heavy atom. The summed E-state index contributed by atoms with van der Waals surface area (Å²) in [5, 5.41) is -0.494. The lowest BCUT2D eigenvalue weighted by molar-refractivity contribution is -0.137.